The van der Waals surface area contributed by atoms with E-state index in [1.165, 1.54) is 25.7 Å². The van der Waals surface area contributed by atoms with Gasteiger partial charge in [-0.25, -0.2) is 0 Å². The smallest absolute Gasteiger partial charge is 0.0618 e. The van der Waals surface area contributed by atoms with E-state index >= 15 is 0 Å². The quantitative estimate of drug-likeness (QED) is 0.769. The van der Waals surface area contributed by atoms with Crippen LogP contribution in [-0.4, -0.2) is 25.8 Å². The van der Waals surface area contributed by atoms with Gasteiger partial charge in [-0.15, -0.1) is 0 Å². The summed E-state index contributed by atoms with van der Waals surface area (Å²) in [5.41, 5.74) is 0. The molecule has 2 nitrogen and oxygen atoms in total. The lowest BCUT2D eigenvalue weighted by Gasteiger charge is -2.38. The van der Waals surface area contributed by atoms with Gasteiger partial charge in [0.2, 0.25) is 0 Å². The van der Waals surface area contributed by atoms with Crippen molar-refractivity contribution in [2.45, 2.75) is 65.5 Å². The van der Waals surface area contributed by atoms with Gasteiger partial charge >= 0.3 is 0 Å². The molecule has 0 bridgehead atoms. The van der Waals surface area contributed by atoms with Gasteiger partial charge in [-0.2, -0.15) is 0 Å². The van der Waals surface area contributed by atoms with Crippen LogP contribution in [0.1, 0.15) is 53.4 Å². The van der Waals surface area contributed by atoms with Gasteiger partial charge < -0.3 is 10.1 Å². The van der Waals surface area contributed by atoms with Crippen LogP contribution < -0.4 is 5.32 Å². The van der Waals surface area contributed by atoms with E-state index in [9.17, 15) is 0 Å². The summed E-state index contributed by atoms with van der Waals surface area (Å²) in [5, 5.41) is 3.86. The van der Waals surface area contributed by atoms with Crippen LogP contribution in [-0.2, 0) is 4.74 Å². The minimum absolute atomic E-state index is 0.504. The summed E-state index contributed by atoms with van der Waals surface area (Å²) < 4.78 is 5.34. The fourth-order valence-corrected chi connectivity index (χ4v) is 3.05. The monoisotopic (exact) mass is 241 g/mol. The topological polar surface area (TPSA) is 21.3 Å². The maximum atomic E-state index is 5.34. The molecule has 1 aliphatic carbocycles. The molecule has 1 saturated carbocycles. The molecule has 0 aromatic rings. The third-order valence-corrected chi connectivity index (χ3v) is 4.25. The molecular weight excluding hydrogens is 210 g/mol. The fraction of sp³-hybridized carbons (Fsp3) is 1.00. The molecule has 0 aliphatic heterocycles. The van der Waals surface area contributed by atoms with E-state index in [1.807, 2.05) is 0 Å². The van der Waals surface area contributed by atoms with Crippen LogP contribution in [0, 0.1) is 17.8 Å². The Bertz CT molecular complexity index is 203. The van der Waals surface area contributed by atoms with Crippen LogP contribution in [0.15, 0.2) is 0 Å². The van der Waals surface area contributed by atoms with E-state index in [0.717, 1.165) is 18.4 Å². The second-order valence-electron chi connectivity index (χ2n) is 6.27. The van der Waals surface area contributed by atoms with Crippen molar-refractivity contribution in [3.63, 3.8) is 0 Å². The molecule has 102 valence electrons. The van der Waals surface area contributed by atoms with Crippen molar-refractivity contribution in [1.29, 1.82) is 0 Å². The molecule has 0 amide bonds. The first-order chi connectivity index (χ1) is 8.06. The molecule has 0 radical (unpaired) electrons. The van der Waals surface area contributed by atoms with E-state index in [-0.39, 0.29) is 0 Å². The Labute approximate surface area is 108 Å². The molecule has 1 rings (SSSR count). The van der Waals surface area contributed by atoms with E-state index in [0.29, 0.717) is 18.0 Å². The molecule has 0 aromatic carbocycles. The summed E-state index contributed by atoms with van der Waals surface area (Å²) in [4.78, 5) is 0. The zero-order valence-electron chi connectivity index (χ0n) is 12.3. The Morgan fingerprint density at radius 2 is 1.76 bits per heavy atom. The van der Waals surface area contributed by atoms with Crippen LogP contribution in [0.5, 0.6) is 0 Å². The van der Waals surface area contributed by atoms with E-state index in [4.69, 9.17) is 4.74 Å². The highest BCUT2D eigenvalue weighted by atomic mass is 16.5. The Balaban J connectivity index is 2.55. The van der Waals surface area contributed by atoms with Crippen LogP contribution in [0.2, 0.25) is 0 Å². The number of ether oxygens (including phenoxy) is 1. The molecule has 0 spiro atoms. The molecule has 3 unspecified atom stereocenters. The molecule has 17 heavy (non-hydrogen) atoms. The third kappa shape index (κ3) is 4.59. The first-order valence-electron chi connectivity index (χ1n) is 7.31. The molecule has 1 aliphatic rings. The van der Waals surface area contributed by atoms with E-state index in [1.54, 1.807) is 7.11 Å². The lowest BCUT2D eigenvalue weighted by molar-refractivity contribution is 0.114. The maximum absolute atomic E-state index is 5.34. The van der Waals surface area contributed by atoms with Crippen molar-refractivity contribution in [2.75, 3.05) is 13.7 Å². The fourth-order valence-electron chi connectivity index (χ4n) is 3.05. The molecule has 3 atom stereocenters. The van der Waals surface area contributed by atoms with Gasteiger partial charge in [-0.1, -0.05) is 40.5 Å². The summed E-state index contributed by atoms with van der Waals surface area (Å²) >= 11 is 0. The van der Waals surface area contributed by atoms with Gasteiger partial charge in [0, 0.05) is 19.2 Å². The largest absolute Gasteiger partial charge is 0.383 e. The Morgan fingerprint density at radius 3 is 2.29 bits per heavy atom. The molecule has 0 heterocycles. The zero-order valence-corrected chi connectivity index (χ0v) is 12.3. The third-order valence-electron chi connectivity index (χ3n) is 4.25. The highest BCUT2D eigenvalue weighted by molar-refractivity contribution is 4.86. The predicted molar refractivity (Wildman–Crippen MR) is 74.2 cm³/mol. The minimum atomic E-state index is 0.504. The average Bonchev–Trinajstić information content (AvgIpc) is 2.28. The van der Waals surface area contributed by atoms with Crippen LogP contribution >= 0.6 is 0 Å². The Morgan fingerprint density at radius 1 is 1.12 bits per heavy atom. The molecule has 2 heteroatoms. The Kier molecular flexibility index (Phi) is 6.50. The molecule has 1 N–H and O–H groups in total. The van der Waals surface area contributed by atoms with Crippen molar-refractivity contribution in [3.05, 3.63) is 0 Å². The van der Waals surface area contributed by atoms with Gasteiger partial charge in [0.1, 0.15) is 0 Å². The van der Waals surface area contributed by atoms with Crippen molar-refractivity contribution in [1.82, 2.24) is 5.32 Å². The number of hydrogen-bond acceptors (Lipinski definition) is 2. The van der Waals surface area contributed by atoms with Crippen molar-refractivity contribution >= 4 is 0 Å². The first kappa shape index (κ1) is 15.0. The normalized spacial score (nSPS) is 27.7. The highest BCUT2D eigenvalue weighted by Crippen LogP contribution is 2.30. The number of hydrogen-bond donors (Lipinski definition) is 1. The summed E-state index contributed by atoms with van der Waals surface area (Å²) in [6, 6.07) is 1.20. The summed E-state index contributed by atoms with van der Waals surface area (Å²) in [7, 11) is 1.80. The average molecular weight is 241 g/mol. The Hall–Kier alpha value is -0.0800. The van der Waals surface area contributed by atoms with Crippen LogP contribution in [0.3, 0.4) is 0 Å². The maximum Gasteiger partial charge on any atom is 0.0618 e. The molecular formula is C15H31NO. The lowest BCUT2D eigenvalue weighted by Crippen LogP contribution is -2.49. The first-order valence-corrected chi connectivity index (χ1v) is 7.31. The summed E-state index contributed by atoms with van der Waals surface area (Å²) in [5.74, 6) is 2.29. The van der Waals surface area contributed by atoms with Gasteiger partial charge in [-0.05, 0) is 30.6 Å². The minimum Gasteiger partial charge on any atom is -0.383 e. The summed E-state index contributed by atoms with van der Waals surface area (Å²) in [6.07, 6.45) is 5.54. The van der Waals surface area contributed by atoms with Gasteiger partial charge in [0.25, 0.3) is 0 Å². The number of methoxy groups -OCH3 is 1. The number of rotatable bonds is 6. The summed E-state index contributed by atoms with van der Waals surface area (Å²) in [6.45, 7) is 10.1. The van der Waals surface area contributed by atoms with Crippen molar-refractivity contribution < 1.29 is 4.74 Å². The van der Waals surface area contributed by atoms with Crippen molar-refractivity contribution in [3.8, 4) is 0 Å². The SMILES string of the molecule is COCC(NC1CCCCC1C(C)C)C(C)C. The molecule has 1 fully saturated rings. The number of nitrogens with one attached hydrogen (secondary N) is 1. The van der Waals surface area contributed by atoms with Crippen LogP contribution in [0.25, 0.3) is 0 Å². The van der Waals surface area contributed by atoms with E-state index in [2.05, 4.69) is 33.0 Å². The van der Waals surface area contributed by atoms with Gasteiger partial charge in [0.05, 0.1) is 6.61 Å². The highest BCUT2D eigenvalue weighted by Gasteiger charge is 2.29. The zero-order chi connectivity index (χ0) is 12.8. The van der Waals surface area contributed by atoms with Gasteiger partial charge in [-0.3, -0.25) is 0 Å². The standard InChI is InChI=1S/C15H31NO/c1-11(2)13-8-6-7-9-14(13)16-15(10-17-5)12(3)4/h11-16H,6-10H2,1-5H3. The van der Waals surface area contributed by atoms with Crippen molar-refractivity contribution in [2.24, 2.45) is 17.8 Å². The second kappa shape index (κ2) is 7.38. The predicted octanol–water partition coefficient (Wildman–Crippen LogP) is 3.46. The van der Waals surface area contributed by atoms with Gasteiger partial charge in [0.15, 0.2) is 0 Å². The molecule has 0 aromatic heterocycles. The molecule has 0 saturated heterocycles. The lowest BCUT2D eigenvalue weighted by atomic mass is 9.77. The van der Waals surface area contributed by atoms with E-state index < -0.39 is 0 Å². The second-order valence-corrected chi connectivity index (χ2v) is 6.27. The van der Waals surface area contributed by atoms with Crippen LogP contribution in [0.4, 0.5) is 0 Å².